The quantitative estimate of drug-likeness (QED) is 0.823. The molecule has 2 N–H and O–H groups in total. The SMILES string of the molecule is NC1(CC(=O)c2ccccc2C2CCC2)CCC1. The molecule has 0 amide bonds. The lowest BCUT2D eigenvalue weighted by Crippen LogP contribution is -2.48. The number of hydrogen-bond donors (Lipinski definition) is 1. The number of ketones is 1. The molecule has 2 nitrogen and oxygen atoms in total. The molecule has 96 valence electrons. The van der Waals surface area contributed by atoms with Crippen molar-refractivity contribution in [2.75, 3.05) is 0 Å². The van der Waals surface area contributed by atoms with Crippen LogP contribution in [0.25, 0.3) is 0 Å². The minimum absolute atomic E-state index is 0.205. The van der Waals surface area contributed by atoms with Gasteiger partial charge in [-0.25, -0.2) is 0 Å². The zero-order valence-corrected chi connectivity index (χ0v) is 10.8. The van der Waals surface area contributed by atoms with Crippen molar-refractivity contribution in [1.29, 1.82) is 0 Å². The van der Waals surface area contributed by atoms with Crippen LogP contribution in [0.5, 0.6) is 0 Å². The van der Waals surface area contributed by atoms with Gasteiger partial charge in [-0.15, -0.1) is 0 Å². The third kappa shape index (κ3) is 2.10. The summed E-state index contributed by atoms with van der Waals surface area (Å²) in [5, 5.41) is 0. The molecular weight excluding hydrogens is 222 g/mol. The summed E-state index contributed by atoms with van der Waals surface area (Å²) in [6.07, 6.45) is 7.48. The Bertz CT molecular complexity index is 458. The Labute approximate surface area is 109 Å². The Balaban J connectivity index is 1.80. The predicted molar refractivity (Wildman–Crippen MR) is 72.8 cm³/mol. The van der Waals surface area contributed by atoms with Gasteiger partial charge in [-0.1, -0.05) is 30.7 Å². The van der Waals surface area contributed by atoms with E-state index in [9.17, 15) is 4.79 Å². The van der Waals surface area contributed by atoms with Crippen LogP contribution >= 0.6 is 0 Å². The van der Waals surface area contributed by atoms with Crippen LogP contribution in [0.4, 0.5) is 0 Å². The Hall–Kier alpha value is -1.15. The van der Waals surface area contributed by atoms with E-state index in [-0.39, 0.29) is 11.3 Å². The van der Waals surface area contributed by atoms with E-state index in [2.05, 4.69) is 6.07 Å². The first-order valence-electron chi connectivity index (χ1n) is 7.09. The summed E-state index contributed by atoms with van der Waals surface area (Å²) in [5.41, 5.74) is 8.18. The molecular formula is C16H21NO. The summed E-state index contributed by atoms with van der Waals surface area (Å²) in [7, 11) is 0. The molecule has 0 aromatic heterocycles. The van der Waals surface area contributed by atoms with E-state index in [1.54, 1.807) is 0 Å². The topological polar surface area (TPSA) is 43.1 Å². The second-order valence-electron chi connectivity index (χ2n) is 6.03. The Morgan fingerprint density at radius 1 is 1.22 bits per heavy atom. The normalized spacial score (nSPS) is 22.1. The Morgan fingerprint density at radius 3 is 2.50 bits per heavy atom. The van der Waals surface area contributed by atoms with Crippen LogP contribution in [-0.2, 0) is 0 Å². The van der Waals surface area contributed by atoms with Gasteiger partial charge in [0.2, 0.25) is 0 Å². The van der Waals surface area contributed by atoms with E-state index in [1.165, 1.54) is 31.2 Å². The summed E-state index contributed by atoms with van der Waals surface area (Å²) < 4.78 is 0. The molecule has 2 heteroatoms. The van der Waals surface area contributed by atoms with Crippen LogP contribution in [0.3, 0.4) is 0 Å². The highest BCUT2D eigenvalue weighted by Crippen LogP contribution is 2.39. The van der Waals surface area contributed by atoms with Gasteiger partial charge in [0.1, 0.15) is 0 Å². The monoisotopic (exact) mass is 243 g/mol. The van der Waals surface area contributed by atoms with Crippen molar-refractivity contribution < 1.29 is 4.79 Å². The number of benzene rings is 1. The lowest BCUT2D eigenvalue weighted by atomic mass is 9.72. The number of Topliss-reactive ketones (excluding diaryl/α,β-unsaturated/α-hetero) is 1. The third-order valence-corrected chi connectivity index (χ3v) is 4.67. The molecule has 0 radical (unpaired) electrons. The van der Waals surface area contributed by atoms with Crippen LogP contribution in [0, 0.1) is 0 Å². The minimum Gasteiger partial charge on any atom is -0.325 e. The van der Waals surface area contributed by atoms with E-state index in [0.717, 1.165) is 18.4 Å². The Morgan fingerprint density at radius 2 is 1.94 bits per heavy atom. The smallest absolute Gasteiger partial charge is 0.164 e. The summed E-state index contributed by atoms with van der Waals surface area (Å²) >= 11 is 0. The van der Waals surface area contributed by atoms with Gasteiger partial charge in [0.05, 0.1) is 0 Å². The van der Waals surface area contributed by atoms with Crippen molar-refractivity contribution in [1.82, 2.24) is 0 Å². The van der Waals surface area contributed by atoms with Crippen molar-refractivity contribution in [2.45, 2.75) is 56.4 Å². The molecule has 0 unspecified atom stereocenters. The predicted octanol–water partition coefficient (Wildman–Crippen LogP) is 3.41. The molecule has 0 heterocycles. The highest BCUT2D eigenvalue weighted by atomic mass is 16.1. The van der Waals surface area contributed by atoms with Gasteiger partial charge >= 0.3 is 0 Å². The molecule has 0 atom stereocenters. The number of nitrogens with two attached hydrogens (primary N) is 1. The minimum atomic E-state index is -0.205. The molecule has 0 spiro atoms. The fourth-order valence-electron chi connectivity index (χ4n) is 3.05. The van der Waals surface area contributed by atoms with Crippen LogP contribution in [-0.4, -0.2) is 11.3 Å². The molecule has 2 fully saturated rings. The first kappa shape index (κ1) is 11.9. The van der Waals surface area contributed by atoms with Crippen LogP contribution in [0.2, 0.25) is 0 Å². The summed E-state index contributed by atoms with van der Waals surface area (Å²) in [5.74, 6) is 0.861. The van der Waals surface area contributed by atoms with E-state index < -0.39 is 0 Å². The van der Waals surface area contributed by atoms with Gasteiger partial charge in [0.25, 0.3) is 0 Å². The average molecular weight is 243 g/mol. The highest BCUT2D eigenvalue weighted by Gasteiger charge is 2.35. The molecule has 3 rings (SSSR count). The van der Waals surface area contributed by atoms with Gasteiger partial charge < -0.3 is 5.73 Å². The fraction of sp³-hybridized carbons (Fsp3) is 0.562. The first-order chi connectivity index (χ1) is 8.68. The Kier molecular flexibility index (Phi) is 2.98. The lowest BCUT2D eigenvalue weighted by molar-refractivity contribution is 0.0910. The van der Waals surface area contributed by atoms with E-state index in [0.29, 0.717) is 12.3 Å². The van der Waals surface area contributed by atoms with Gasteiger partial charge in [0.15, 0.2) is 5.78 Å². The summed E-state index contributed by atoms with van der Waals surface area (Å²) in [4.78, 5) is 12.4. The average Bonchev–Trinajstić information content (AvgIpc) is 2.25. The molecule has 2 aliphatic carbocycles. The van der Waals surface area contributed by atoms with E-state index in [4.69, 9.17) is 5.73 Å². The largest absolute Gasteiger partial charge is 0.325 e. The molecule has 0 aliphatic heterocycles. The molecule has 2 saturated carbocycles. The van der Waals surface area contributed by atoms with Crippen LogP contribution in [0.1, 0.15) is 66.8 Å². The molecule has 0 bridgehead atoms. The second kappa shape index (κ2) is 4.51. The van der Waals surface area contributed by atoms with E-state index >= 15 is 0 Å². The fourth-order valence-corrected chi connectivity index (χ4v) is 3.05. The van der Waals surface area contributed by atoms with E-state index in [1.807, 2.05) is 18.2 Å². The van der Waals surface area contributed by atoms with Gasteiger partial charge in [-0.05, 0) is 43.6 Å². The van der Waals surface area contributed by atoms with Crippen molar-refractivity contribution in [2.24, 2.45) is 5.73 Å². The van der Waals surface area contributed by atoms with Crippen molar-refractivity contribution in [3.05, 3.63) is 35.4 Å². The number of carbonyl (C=O) groups excluding carboxylic acids is 1. The maximum atomic E-state index is 12.4. The van der Waals surface area contributed by atoms with Gasteiger partial charge in [-0.2, -0.15) is 0 Å². The van der Waals surface area contributed by atoms with Gasteiger partial charge in [-0.3, -0.25) is 4.79 Å². The zero-order chi connectivity index (χ0) is 12.6. The van der Waals surface area contributed by atoms with Gasteiger partial charge in [0, 0.05) is 17.5 Å². The second-order valence-corrected chi connectivity index (χ2v) is 6.03. The standard InChI is InChI=1S/C16H21NO/c17-16(9-4-10-16)11-15(18)14-8-2-1-7-13(14)12-5-3-6-12/h1-2,7-8,12H,3-6,9-11,17H2. The number of carbonyl (C=O) groups is 1. The number of hydrogen-bond acceptors (Lipinski definition) is 2. The van der Waals surface area contributed by atoms with Crippen molar-refractivity contribution >= 4 is 5.78 Å². The van der Waals surface area contributed by atoms with Crippen LogP contribution in [0.15, 0.2) is 24.3 Å². The maximum Gasteiger partial charge on any atom is 0.164 e. The third-order valence-electron chi connectivity index (χ3n) is 4.67. The zero-order valence-electron chi connectivity index (χ0n) is 10.8. The highest BCUT2D eigenvalue weighted by molar-refractivity contribution is 5.98. The molecule has 1 aromatic carbocycles. The summed E-state index contributed by atoms with van der Waals surface area (Å²) in [6, 6.07) is 8.13. The van der Waals surface area contributed by atoms with Crippen molar-refractivity contribution in [3.8, 4) is 0 Å². The summed E-state index contributed by atoms with van der Waals surface area (Å²) in [6.45, 7) is 0. The lowest BCUT2D eigenvalue weighted by Gasteiger charge is -2.38. The first-order valence-corrected chi connectivity index (χ1v) is 7.09. The molecule has 0 saturated heterocycles. The number of rotatable bonds is 4. The maximum absolute atomic E-state index is 12.4. The molecule has 1 aromatic rings. The molecule has 2 aliphatic rings. The van der Waals surface area contributed by atoms with Crippen molar-refractivity contribution in [3.63, 3.8) is 0 Å². The van der Waals surface area contributed by atoms with Crippen LogP contribution < -0.4 is 5.73 Å². The molecule has 18 heavy (non-hydrogen) atoms.